The summed E-state index contributed by atoms with van der Waals surface area (Å²) in [6.45, 7) is -0.441. The molecule has 9 heteroatoms. The fourth-order valence-electron chi connectivity index (χ4n) is 2.96. The summed E-state index contributed by atoms with van der Waals surface area (Å²) in [5.74, 6) is -1.08. The molecule has 1 heterocycles. The van der Waals surface area contributed by atoms with Gasteiger partial charge in [0.25, 0.3) is 5.91 Å². The summed E-state index contributed by atoms with van der Waals surface area (Å²) >= 11 is 0. The highest BCUT2D eigenvalue weighted by Gasteiger charge is 2.28. The molecule has 3 rings (SSSR count). The van der Waals surface area contributed by atoms with E-state index in [4.69, 9.17) is 4.74 Å². The molecule has 0 amide bonds. The third kappa shape index (κ3) is 3.87. The van der Waals surface area contributed by atoms with Gasteiger partial charge in [0.2, 0.25) is 0 Å². The second-order valence-electron chi connectivity index (χ2n) is 6.45. The predicted octanol–water partition coefficient (Wildman–Crippen LogP) is 2.38. The molecule has 152 valence electrons. The maximum absolute atomic E-state index is 13.1. The average molecular weight is 415 g/mol. The van der Waals surface area contributed by atoms with Crippen LogP contribution < -0.4 is 4.31 Å². The molecule has 0 N–H and O–H groups in total. The topological polar surface area (TPSA) is 88.9 Å². The molecule has 0 atom stereocenters. The first kappa shape index (κ1) is 20.6. The average Bonchev–Trinajstić information content (AvgIpc) is 3.11. The number of para-hydroxylation sites is 2. The Bertz CT molecular complexity index is 1150. The largest absolute Gasteiger partial charge is 0.465 e. The first-order valence-corrected chi connectivity index (χ1v) is 10.1. The number of methoxy groups -OCH3 is 1. The number of carbonyl (C=O) groups excluding carboxylic acids is 2. The number of hydrogen-bond acceptors (Lipinski definition) is 5. The summed E-state index contributed by atoms with van der Waals surface area (Å²) < 4.78 is 33.8. The van der Waals surface area contributed by atoms with Crippen LogP contribution in [-0.2, 0) is 14.9 Å². The Labute approximate surface area is 169 Å². The lowest BCUT2D eigenvalue weighted by Gasteiger charge is -2.26. The number of fused-ring (bicyclic) bond motifs is 1. The van der Waals surface area contributed by atoms with Gasteiger partial charge in [-0.15, -0.1) is 0 Å². The standard InChI is InChI=1S/C20H21N3O5S/c1-21(2)29(26,27)23(15-9-5-4-6-10-15)14-19(24)22-13-17(20(25)28-3)16-11-7-8-12-18(16)22/h4-13H,14H2,1-3H3. The minimum Gasteiger partial charge on any atom is -0.465 e. The molecule has 8 nitrogen and oxygen atoms in total. The number of nitrogens with zero attached hydrogens (tertiary/aromatic N) is 3. The Balaban J connectivity index is 2.07. The number of ether oxygens (including phenoxy) is 1. The maximum Gasteiger partial charge on any atom is 0.340 e. The number of esters is 1. The third-order valence-electron chi connectivity index (χ3n) is 4.45. The molecular formula is C20H21N3O5S. The Morgan fingerprint density at radius 1 is 1.00 bits per heavy atom. The summed E-state index contributed by atoms with van der Waals surface area (Å²) in [5, 5.41) is 0.550. The van der Waals surface area contributed by atoms with E-state index in [1.807, 2.05) is 0 Å². The van der Waals surface area contributed by atoms with Gasteiger partial charge in [-0.3, -0.25) is 9.36 Å². The van der Waals surface area contributed by atoms with E-state index >= 15 is 0 Å². The zero-order chi connectivity index (χ0) is 21.2. The lowest BCUT2D eigenvalue weighted by Crippen LogP contribution is -2.44. The molecule has 2 aromatic carbocycles. The fraction of sp³-hybridized carbons (Fsp3) is 0.200. The van der Waals surface area contributed by atoms with Crippen LogP contribution in [0.4, 0.5) is 5.69 Å². The number of aromatic nitrogens is 1. The third-order valence-corrected chi connectivity index (χ3v) is 6.27. The van der Waals surface area contributed by atoms with E-state index in [1.165, 1.54) is 32.0 Å². The SMILES string of the molecule is COC(=O)c1cn(C(=O)CN(c2ccccc2)S(=O)(=O)N(C)C)c2ccccc12. The number of anilines is 1. The van der Waals surface area contributed by atoms with Gasteiger partial charge < -0.3 is 4.74 Å². The lowest BCUT2D eigenvalue weighted by molar-refractivity contribution is 0.0603. The van der Waals surface area contributed by atoms with Crippen molar-refractivity contribution in [1.29, 1.82) is 0 Å². The second kappa shape index (κ2) is 8.06. The van der Waals surface area contributed by atoms with Crippen molar-refractivity contribution in [1.82, 2.24) is 8.87 Å². The van der Waals surface area contributed by atoms with Gasteiger partial charge in [0, 0.05) is 25.7 Å². The van der Waals surface area contributed by atoms with Crippen molar-refractivity contribution < 1.29 is 22.7 Å². The Morgan fingerprint density at radius 2 is 1.62 bits per heavy atom. The Kier molecular flexibility index (Phi) is 5.71. The first-order valence-electron chi connectivity index (χ1n) is 8.74. The van der Waals surface area contributed by atoms with Gasteiger partial charge in [0.05, 0.1) is 23.9 Å². The minimum atomic E-state index is -3.92. The Morgan fingerprint density at radius 3 is 2.24 bits per heavy atom. The van der Waals surface area contributed by atoms with Crippen LogP contribution in [0.3, 0.4) is 0 Å². The van der Waals surface area contributed by atoms with Gasteiger partial charge in [0.1, 0.15) is 6.54 Å². The minimum absolute atomic E-state index is 0.234. The van der Waals surface area contributed by atoms with E-state index in [9.17, 15) is 18.0 Å². The van der Waals surface area contributed by atoms with Gasteiger partial charge in [-0.2, -0.15) is 12.7 Å². The molecule has 0 aliphatic carbocycles. The number of carbonyl (C=O) groups is 2. The molecule has 0 saturated heterocycles. The van der Waals surface area contributed by atoms with Crippen LogP contribution in [0.5, 0.6) is 0 Å². The molecule has 0 aliphatic rings. The quantitative estimate of drug-likeness (QED) is 0.577. The van der Waals surface area contributed by atoms with Crippen molar-refractivity contribution in [2.45, 2.75) is 0 Å². The van der Waals surface area contributed by atoms with Crippen LogP contribution in [0.1, 0.15) is 15.2 Å². The van der Waals surface area contributed by atoms with Crippen LogP contribution in [-0.4, -0.2) is 56.9 Å². The maximum atomic E-state index is 13.1. The molecule has 0 bridgehead atoms. The summed E-state index contributed by atoms with van der Waals surface area (Å²) in [6, 6.07) is 15.2. The van der Waals surface area contributed by atoms with Gasteiger partial charge in [-0.25, -0.2) is 9.10 Å². The van der Waals surface area contributed by atoms with E-state index in [2.05, 4.69) is 0 Å². The van der Waals surface area contributed by atoms with Gasteiger partial charge in [-0.05, 0) is 18.2 Å². The van der Waals surface area contributed by atoms with Gasteiger partial charge in [0.15, 0.2) is 0 Å². The number of hydrogen-bond donors (Lipinski definition) is 0. The van der Waals surface area contributed by atoms with Gasteiger partial charge in [-0.1, -0.05) is 36.4 Å². The molecule has 0 fully saturated rings. The molecule has 0 unspecified atom stereocenters. The summed E-state index contributed by atoms with van der Waals surface area (Å²) in [4.78, 5) is 25.2. The van der Waals surface area contributed by atoms with E-state index < -0.39 is 28.6 Å². The highest BCUT2D eigenvalue weighted by molar-refractivity contribution is 7.90. The van der Waals surface area contributed by atoms with Crippen molar-refractivity contribution in [2.24, 2.45) is 0 Å². The van der Waals surface area contributed by atoms with Crippen LogP contribution in [0, 0.1) is 0 Å². The molecule has 1 aromatic heterocycles. The highest BCUT2D eigenvalue weighted by Crippen LogP contribution is 2.24. The molecule has 3 aromatic rings. The molecular weight excluding hydrogens is 394 g/mol. The van der Waals surface area contributed by atoms with E-state index in [1.54, 1.807) is 54.6 Å². The van der Waals surface area contributed by atoms with Crippen LogP contribution in [0.15, 0.2) is 60.8 Å². The van der Waals surface area contributed by atoms with E-state index in [-0.39, 0.29) is 5.56 Å². The van der Waals surface area contributed by atoms with Crippen molar-refractivity contribution >= 4 is 38.7 Å². The number of benzene rings is 2. The normalized spacial score (nSPS) is 11.6. The zero-order valence-electron chi connectivity index (χ0n) is 16.3. The molecule has 0 aliphatic heterocycles. The van der Waals surface area contributed by atoms with Crippen molar-refractivity contribution in [3.8, 4) is 0 Å². The van der Waals surface area contributed by atoms with E-state index in [0.717, 1.165) is 8.61 Å². The van der Waals surface area contributed by atoms with Gasteiger partial charge >= 0.3 is 16.2 Å². The Hall–Kier alpha value is -3.17. The van der Waals surface area contributed by atoms with Crippen LogP contribution >= 0.6 is 0 Å². The zero-order valence-corrected chi connectivity index (χ0v) is 17.1. The summed E-state index contributed by atoms with van der Waals surface area (Å²) in [5.41, 5.74) is 1.09. The van der Waals surface area contributed by atoms with Crippen molar-refractivity contribution in [2.75, 3.05) is 32.1 Å². The van der Waals surface area contributed by atoms with Crippen LogP contribution in [0.25, 0.3) is 10.9 Å². The summed E-state index contributed by atoms with van der Waals surface area (Å²) in [6.07, 6.45) is 1.38. The highest BCUT2D eigenvalue weighted by atomic mass is 32.2. The monoisotopic (exact) mass is 415 g/mol. The molecule has 0 radical (unpaired) electrons. The second-order valence-corrected chi connectivity index (χ2v) is 8.51. The summed E-state index contributed by atoms with van der Waals surface area (Å²) in [7, 11) is 0.137. The molecule has 29 heavy (non-hydrogen) atoms. The van der Waals surface area contributed by atoms with Crippen molar-refractivity contribution in [3.63, 3.8) is 0 Å². The smallest absolute Gasteiger partial charge is 0.340 e. The van der Waals surface area contributed by atoms with Crippen LogP contribution in [0.2, 0.25) is 0 Å². The molecule has 0 saturated carbocycles. The fourth-order valence-corrected chi connectivity index (χ4v) is 4.01. The van der Waals surface area contributed by atoms with E-state index in [0.29, 0.717) is 16.6 Å². The number of rotatable bonds is 6. The molecule has 0 spiro atoms. The van der Waals surface area contributed by atoms with Crippen molar-refractivity contribution in [3.05, 3.63) is 66.4 Å². The predicted molar refractivity (Wildman–Crippen MR) is 110 cm³/mol. The lowest BCUT2D eigenvalue weighted by atomic mass is 10.2. The first-order chi connectivity index (χ1) is 13.8.